The number of morpholine rings is 1. The van der Waals surface area contributed by atoms with Gasteiger partial charge in [0.2, 0.25) is 17.7 Å². The van der Waals surface area contributed by atoms with Crippen LogP contribution in [0.4, 0.5) is 0 Å². The SMILES string of the molecule is CC[C@@H](CO)N1C(=O)[C@H]2[C@@H]3C(=O)N[C@@H](c4ccccc4)COC(=O)CC/C=C\[C@@H]3O[C@]23C=CCN(CCN2CCOCC2)C(=O)[C@H]13. The minimum atomic E-state index is -1.42. The zero-order chi connectivity index (χ0) is 32.3. The van der Waals surface area contributed by atoms with Crippen molar-refractivity contribution in [2.45, 2.75) is 56.0 Å². The van der Waals surface area contributed by atoms with Gasteiger partial charge in [-0.25, -0.2) is 0 Å². The summed E-state index contributed by atoms with van der Waals surface area (Å²) >= 11 is 0. The predicted octanol–water partition coefficient (Wildman–Crippen LogP) is 0.819. The molecule has 0 unspecified atom stereocenters. The molecule has 7 atom stereocenters. The summed E-state index contributed by atoms with van der Waals surface area (Å²) in [6.45, 7) is 5.80. The molecule has 5 heterocycles. The summed E-state index contributed by atoms with van der Waals surface area (Å²) in [6.07, 6.45) is 7.32. The molecule has 0 radical (unpaired) electrons. The number of benzene rings is 1. The highest BCUT2D eigenvalue weighted by Crippen LogP contribution is 2.53. The van der Waals surface area contributed by atoms with E-state index in [9.17, 15) is 24.3 Å². The second-order valence-electron chi connectivity index (χ2n) is 12.6. The summed E-state index contributed by atoms with van der Waals surface area (Å²) in [5, 5.41) is 13.4. The molecule has 3 saturated heterocycles. The molecule has 1 aromatic carbocycles. The zero-order valence-corrected chi connectivity index (χ0v) is 26.3. The van der Waals surface area contributed by atoms with Gasteiger partial charge >= 0.3 is 5.97 Å². The minimum Gasteiger partial charge on any atom is -0.463 e. The number of carbonyl (C=O) groups excluding carboxylic acids is 4. The van der Waals surface area contributed by atoms with Crippen LogP contribution in [0, 0.1) is 11.8 Å². The van der Waals surface area contributed by atoms with Gasteiger partial charge in [-0.3, -0.25) is 24.1 Å². The largest absolute Gasteiger partial charge is 0.463 e. The van der Waals surface area contributed by atoms with E-state index in [-0.39, 0.29) is 37.4 Å². The first-order valence-electron chi connectivity index (χ1n) is 16.4. The summed E-state index contributed by atoms with van der Waals surface area (Å²) < 4.78 is 17.8. The molecule has 0 saturated carbocycles. The lowest BCUT2D eigenvalue weighted by Gasteiger charge is -2.38. The van der Waals surface area contributed by atoms with Gasteiger partial charge in [0.05, 0.1) is 49.8 Å². The number of nitrogens with zero attached hydrogens (tertiary/aromatic N) is 3. The molecule has 1 aromatic rings. The molecule has 6 rings (SSSR count). The maximum Gasteiger partial charge on any atom is 0.306 e. The standard InChI is InChI=1S/C34H44N4O8/c1-2-24(21-39)38-30-33(43)37(16-15-36-17-19-44-20-18-36)14-8-13-34(30)29(32(38)42)28-26(46-34)11-6-7-12-27(40)45-22-25(35-31(28)41)23-9-4-3-5-10-23/h3-6,8-11,13,24-26,28-30,39H,2,7,12,14-22H2,1H3,(H,35,41)/b11-6-/t24-,25+,26-,28+,29+,30-,34+/m0/s1. The third-order valence-corrected chi connectivity index (χ3v) is 9.95. The Morgan fingerprint density at radius 1 is 1.04 bits per heavy atom. The van der Waals surface area contributed by atoms with Crippen LogP contribution in [-0.2, 0) is 33.4 Å². The second-order valence-corrected chi connectivity index (χ2v) is 12.6. The van der Waals surface area contributed by atoms with E-state index in [2.05, 4.69) is 10.2 Å². The lowest BCUT2D eigenvalue weighted by Crippen LogP contribution is -2.58. The number of hydrogen-bond donors (Lipinski definition) is 2. The van der Waals surface area contributed by atoms with Gasteiger partial charge in [0.1, 0.15) is 18.2 Å². The van der Waals surface area contributed by atoms with Crippen molar-refractivity contribution in [1.29, 1.82) is 0 Å². The number of allylic oxidation sites excluding steroid dienone is 1. The Morgan fingerprint density at radius 2 is 1.83 bits per heavy atom. The van der Waals surface area contributed by atoms with E-state index in [0.29, 0.717) is 45.7 Å². The lowest BCUT2D eigenvalue weighted by atomic mass is 9.77. The van der Waals surface area contributed by atoms with Crippen LogP contribution in [-0.4, -0.2) is 126 Å². The molecule has 12 heteroatoms. The van der Waals surface area contributed by atoms with E-state index in [1.165, 1.54) is 4.90 Å². The summed E-state index contributed by atoms with van der Waals surface area (Å²) in [5.41, 5.74) is -0.665. The van der Waals surface area contributed by atoms with Crippen LogP contribution in [0.2, 0.25) is 0 Å². The molecular weight excluding hydrogens is 592 g/mol. The van der Waals surface area contributed by atoms with Gasteiger partial charge in [0, 0.05) is 39.1 Å². The Labute approximate surface area is 269 Å². The molecule has 3 fully saturated rings. The molecule has 12 nitrogen and oxygen atoms in total. The molecule has 0 bridgehead atoms. The van der Waals surface area contributed by atoms with Crippen LogP contribution in [0.15, 0.2) is 54.6 Å². The van der Waals surface area contributed by atoms with Gasteiger partial charge in [-0.05, 0) is 18.4 Å². The van der Waals surface area contributed by atoms with Crippen molar-refractivity contribution in [1.82, 2.24) is 20.0 Å². The summed E-state index contributed by atoms with van der Waals surface area (Å²) in [6, 6.07) is 6.91. The van der Waals surface area contributed by atoms with Crippen LogP contribution >= 0.6 is 0 Å². The van der Waals surface area contributed by atoms with Crippen molar-refractivity contribution in [3.8, 4) is 0 Å². The van der Waals surface area contributed by atoms with Gasteiger partial charge < -0.3 is 34.4 Å². The van der Waals surface area contributed by atoms with Gasteiger partial charge in [-0.2, -0.15) is 0 Å². The third-order valence-electron chi connectivity index (χ3n) is 9.95. The summed E-state index contributed by atoms with van der Waals surface area (Å²) in [7, 11) is 0. The van der Waals surface area contributed by atoms with Gasteiger partial charge in [0.25, 0.3) is 0 Å². The highest BCUT2D eigenvalue weighted by molar-refractivity contribution is 6.00. The molecule has 5 aliphatic heterocycles. The Kier molecular flexibility index (Phi) is 9.88. The van der Waals surface area contributed by atoms with E-state index in [4.69, 9.17) is 14.2 Å². The first kappa shape index (κ1) is 32.4. The number of aliphatic hydroxyl groups is 1. The quantitative estimate of drug-likeness (QED) is 0.329. The number of ether oxygens (including phenoxy) is 3. The highest BCUT2D eigenvalue weighted by Gasteiger charge is 2.72. The normalized spacial score (nSPS) is 33.6. The topological polar surface area (TPSA) is 138 Å². The molecule has 2 N–H and O–H groups in total. The molecular formula is C34H44N4O8. The fourth-order valence-electron chi connectivity index (χ4n) is 7.52. The van der Waals surface area contributed by atoms with E-state index >= 15 is 0 Å². The van der Waals surface area contributed by atoms with Crippen molar-refractivity contribution in [2.24, 2.45) is 11.8 Å². The van der Waals surface area contributed by atoms with Crippen LogP contribution in [0.3, 0.4) is 0 Å². The predicted molar refractivity (Wildman–Crippen MR) is 166 cm³/mol. The monoisotopic (exact) mass is 636 g/mol. The van der Waals surface area contributed by atoms with Crippen LogP contribution < -0.4 is 5.32 Å². The minimum absolute atomic E-state index is 0.0615. The number of esters is 1. The average Bonchev–Trinajstić information content (AvgIpc) is 3.46. The second kappa shape index (κ2) is 14.0. The molecule has 0 aromatic heterocycles. The van der Waals surface area contributed by atoms with Gasteiger partial charge in [-0.1, -0.05) is 61.6 Å². The Balaban J connectivity index is 1.37. The number of cyclic esters (lactones) is 1. The smallest absolute Gasteiger partial charge is 0.306 e. The number of rotatable bonds is 7. The Morgan fingerprint density at radius 3 is 2.57 bits per heavy atom. The van der Waals surface area contributed by atoms with E-state index in [1.54, 1.807) is 17.1 Å². The van der Waals surface area contributed by atoms with Crippen molar-refractivity contribution >= 4 is 23.7 Å². The first-order valence-corrected chi connectivity index (χ1v) is 16.4. The Hall–Kier alpha value is -3.58. The number of aliphatic hydroxyl groups excluding tert-OH is 1. The number of fused-ring (bicyclic) bond motifs is 2. The zero-order valence-electron chi connectivity index (χ0n) is 26.3. The van der Waals surface area contributed by atoms with E-state index < -0.39 is 47.6 Å². The van der Waals surface area contributed by atoms with Crippen molar-refractivity contribution in [3.63, 3.8) is 0 Å². The highest BCUT2D eigenvalue weighted by atomic mass is 16.5. The molecule has 1 spiro atoms. The number of amides is 3. The first-order chi connectivity index (χ1) is 22.4. The van der Waals surface area contributed by atoms with Crippen LogP contribution in [0.25, 0.3) is 0 Å². The Bertz CT molecular complexity index is 1340. The number of likely N-dealkylation sites (tertiary alicyclic amines) is 1. The van der Waals surface area contributed by atoms with Crippen LogP contribution in [0.5, 0.6) is 0 Å². The van der Waals surface area contributed by atoms with Crippen molar-refractivity contribution in [2.75, 3.05) is 59.2 Å². The maximum atomic E-state index is 14.6. The molecule has 3 amide bonds. The van der Waals surface area contributed by atoms with Gasteiger partial charge in [-0.15, -0.1) is 0 Å². The number of hydrogen-bond acceptors (Lipinski definition) is 9. The summed E-state index contributed by atoms with van der Waals surface area (Å²) in [4.78, 5) is 61.4. The number of carbonyl (C=O) groups is 4. The fraction of sp³-hybridized carbons (Fsp3) is 0.588. The molecule has 248 valence electrons. The maximum absolute atomic E-state index is 14.6. The fourth-order valence-corrected chi connectivity index (χ4v) is 7.52. The van der Waals surface area contributed by atoms with Gasteiger partial charge in [0.15, 0.2) is 0 Å². The molecule has 46 heavy (non-hydrogen) atoms. The molecule has 5 aliphatic rings. The number of nitrogens with one attached hydrogen (secondary N) is 1. The van der Waals surface area contributed by atoms with Crippen molar-refractivity contribution < 1.29 is 38.5 Å². The third kappa shape index (κ3) is 6.11. The summed E-state index contributed by atoms with van der Waals surface area (Å²) in [5.74, 6) is -3.43. The lowest BCUT2D eigenvalue weighted by molar-refractivity contribution is -0.151. The van der Waals surface area contributed by atoms with Crippen molar-refractivity contribution in [3.05, 3.63) is 60.2 Å². The van der Waals surface area contributed by atoms with Crippen LogP contribution in [0.1, 0.15) is 37.8 Å². The van der Waals surface area contributed by atoms with E-state index in [1.807, 2.05) is 49.4 Å². The average molecular weight is 637 g/mol. The van der Waals surface area contributed by atoms with E-state index in [0.717, 1.165) is 18.7 Å². The molecule has 0 aliphatic carbocycles.